The quantitative estimate of drug-likeness (QED) is 0.710. The lowest BCUT2D eigenvalue weighted by Gasteiger charge is -2.20. The molecule has 22 heavy (non-hydrogen) atoms. The van der Waals surface area contributed by atoms with Gasteiger partial charge in [-0.25, -0.2) is 4.98 Å². The van der Waals surface area contributed by atoms with Crippen LogP contribution in [0.15, 0.2) is 42.5 Å². The third-order valence-electron chi connectivity index (χ3n) is 3.70. The number of nitrogens with zero attached hydrogens (tertiary/aromatic N) is 2. The number of aromatic nitrogens is 2. The molecule has 0 atom stereocenters. The molecule has 0 saturated heterocycles. The molecule has 0 radical (unpaired) electrons. The summed E-state index contributed by atoms with van der Waals surface area (Å²) in [6, 6.07) is 13.9. The highest BCUT2D eigenvalue weighted by Gasteiger charge is 2.07. The van der Waals surface area contributed by atoms with Crippen molar-refractivity contribution in [3.8, 4) is 0 Å². The first-order valence-electron chi connectivity index (χ1n) is 7.47. The molecule has 0 saturated carbocycles. The minimum absolute atomic E-state index is 0.721. The van der Waals surface area contributed by atoms with E-state index < -0.39 is 0 Å². The van der Waals surface area contributed by atoms with Crippen molar-refractivity contribution in [2.75, 3.05) is 23.3 Å². The summed E-state index contributed by atoms with van der Waals surface area (Å²) >= 11 is 5.90. The second-order valence-corrected chi connectivity index (χ2v) is 5.53. The molecule has 0 bridgehead atoms. The number of nitrogens with one attached hydrogen (secondary N) is 2. The molecule has 2 N–H and O–H groups in total. The van der Waals surface area contributed by atoms with Crippen molar-refractivity contribution < 1.29 is 0 Å². The molecule has 0 aliphatic rings. The van der Waals surface area contributed by atoms with E-state index in [1.54, 1.807) is 0 Å². The topological polar surface area (TPSA) is 44.0 Å². The standard InChI is InChI=1S/C17H19ClN4/c1-3-22(4-2)14-9-10-15-16(11-14)21-17(20-15)19-13-7-5-12(18)6-8-13/h5-11H,3-4H2,1-2H3,(H2,19,20,21). The Morgan fingerprint density at radius 1 is 1.09 bits per heavy atom. The lowest BCUT2D eigenvalue weighted by Crippen LogP contribution is -2.21. The van der Waals surface area contributed by atoms with Crippen LogP contribution in [-0.4, -0.2) is 23.1 Å². The zero-order chi connectivity index (χ0) is 15.5. The first-order chi connectivity index (χ1) is 10.7. The number of rotatable bonds is 5. The maximum absolute atomic E-state index is 5.90. The van der Waals surface area contributed by atoms with Crippen LogP contribution < -0.4 is 10.2 Å². The summed E-state index contributed by atoms with van der Waals surface area (Å²) in [6.07, 6.45) is 0. The summed E-state index contributed by atoms with van der Waals surface area (Å²) in [5, 5.41) is 3.98. The van der Waals surface area contributed by atoms with Gasteiger partial charge in [0, 0.05) is 29.5 Å². The second-order valence-electron chi connectivity index (χ2n) is 5.09. The van der Waals surface area contributed by atoms with Crippen LogP contribution in [0.25, 0.3) is 11.0 Å². The summed E-state index contributed by atoms with van der Waals surface area (Å²) in [4.78, 5) is 10.2. The van der Waals surface area contributed by atoms with Gasteiger partial charge in [-0.15, -0.1) is 0 Å². The molecular formula is C17H19ClN4. The van der Waals surface area contributed by atoms with Crippen LogP contribution in [0.3, 0.4) is 0 Å². The molecule has 1 heterocycles. The molecule has 4 nitrogen and oxygen atoms in total. The number of fused-ring (bicyclic) bond motifs is 1. The monoisotopic (exact) mass is 314 g/mol. The lowest BCUT2D eigenvalue weighted by atomic mass is 10.2. The van der Waals surface area contributed by atoms with Gasteiger partial charge in [0.05, 0.1) is 11.0 Å². The van der Waals surface area contributed by atoms with E-state index in [1.165, 1.54) is 5.69 Å². The molecule has 0 fully saturated rings. The van der Waals surface area contributed by atoms with Crippen molar-refractivity contribution in [1.29, 1.82) is 0 Å². The minimum Gasteiger partial charge on any atom is -0.372 e. The Kier molecular flexibility index (Phi) is 4.20. The van der Waals surface area contributed by atoms with E-state index in [0.717, 1.165) is 40.8 Å². The zero-order valence-corrected chi connectivity index (χ0v) is 13.5. The van der Waals surface area contributed by atoms with Crippen molar-refractivity contribution in [1.82, 2.24) is 9.97 Å². The number of hydrogen-bond acceptors (Lipinski definition) is 3. The summed E-state index contributed by atoms with van der Waals surface area (Å²) in [5.74, 6) is 0.731. The number of imidazole rings is 1. The molecule has 0 aliphatic carbocycles. The van der Waals surface area contributed by atoms with E-state index in [4.69, 9.17) is 11.6 Å². The van der Waals surface area contributed by atoms with E-state index in [2.05, 4.69) is 46.2 Å². The molecule has 0 unspecified atom stereocenters. The van der Waals surface area contributed by atoms with Gasteiger partial charge in [-0.1, -0.05) is 11.6 Å². The van der Waals surface area contributed by atoms with E-state index in [0.29, 0.717) is 0 Å². The molecule has 0 amide bonds. The van der Waals surface area contributed by atoms with Crippen molar-refractivity contribution in [3.63, 3.8) is 0 Å². The molecule has 3 aromatic rings. The molecule has 3 rings (SSSR count). The van der Waals surface area contributed by atoms with Crippen molar-refractivity contribution in [3.05, 3.63) is 47.5 Å². The van der Waals surface area contributed by atoms with E-state index in [1.807, 2.05) is 30.3 Å². The average Bonchev–Trinajstić information content (AvgIpc) is 2.92. The fourth-order valence-corrected chi connectivity index (χ4v) is 2.64. The maximum Gasteiger partial charge on any atom is 0.205 e. The second kappa shape index (κ2) is 6.28. The Hall–Kier alpha value is -2.20. The van der Waals surface area contributed by atoms with E-state index in [-0.39, 0.29) is 0 Å². The Balaban J connectivity index is 1.87. The zero-order valence-electron chi connectivity index (χ0n) is 12.7. The summed E-state index contributed by atoms with van der Waals surface area (Å²) in [7, 11) is 0. The summed E-state index contributed by atoms with van der Waals surface area (Å²) < 4.78 is 0. The van der Waals surface area contributed by atoms with E-state index >= 15 is 0 Å². The molecule has 0 spiro atoms. The molecule has 5 heteroatoms. The van der Waals surface area contributed by atoms with Gasteiger partial charge in [0.25, 0.3) is 0 Å². The fraction of sp³-hybridized carbons (Fsp3) is 0.235. The van der Waals surface area contributed by atoms with Gasteiger partial charge in [0.2, 0.25) is 5.95 Å². The van der Waals surface area contributed by atoms with Gasteiger partial charge >= 0.3 is 0 Å². The SMILES string of the molecule is CCN(CC)c1ccc2nc(Nc3ccc(Cl)cc3)[nH]c2c1. The van der Waals surface area contributed by atoms with Gasteiger partial charge in [-0.2, -0.15) is 0 Å². The largest absolute Gasteiger partial charge is 0.372 e. The van der Waals surface area contributed by atoms with E-state index in [9.17, 15) is 0 Å². The fourth-order valence-electron chi connectivity index (χ4n) is 2.51. The smallest absolute Gasteiger partial charge is 0.205 e. The Labute approximate surface area is 135 Å². The molecule has 1 aromatic heterocycles. The number of H-pyrrole nitrogens is 1. The normalized spacial score (nSPS) is 10.9. The van der Waals surface area contributed by atoms with Crippen molar-refractivity contribution >= 4 is 40.0 Å². The highest BCUT2D eigenvalue weighted by atomic mass is 35.5. The van der Waals surface area contributed by atoms with Gasteiger partial charge in [-0.05, 0) is 56.3 Å². The average molecular weight is 315 g/mol. The predicted octanol–water partition coefficient (Wildman–Crippen LogP) is 4.81. The van der Waals surface area contributed by atoms with Crippen LogP contribution >= 0.6 is 11.6 Å². The van der Waals surface area contributed by atoms with Crippen LogP contribution in [-0.2, 0) is 0 Å². The summed E-state index contributed by atoms with van der Waals surface area (Å²) in [6.45, 7) is 6.31. The number of anilines is 3. The van der Waals surface area contributed by atoms with Crippen molar-refractivity contribution in [2.45, 2.75) is 13.8 Å². The third-order valence-corrected chi connectivity index (χ3v) is 3.95. The number of hydrogen-bond donors (Lipinski definition) is 2. The van der Waals surface area contributed by atoms with Crippen LogP contribution in [0, 0.1) is 0 Å². The lowest BCUT2D eigenvalue weighted by molar-refractivity contribution is 0.867. The summed E-state index contributed by atoms with van der Waals surface area (Å²) in [5.41, 5.74) is 4.14. The van der Waals surface area contributed by atoms with Gasteiger partial charge < -0.3 is 15.2 Å². The highest BCUT2D eigenvalue weighted by molar-refractivity contribution is 6.30. The Morgan fingerprint density at radius 2 is 1.82 bits per heavy atom. The number of benzene rings is 2. The van der Waals surface area contributed by atoms with Crippen LogP contribution in [0.1, 0.15) is 13.8 Å². The van der Waals surface area contributed by atoms with Crippen molar-refractivity contribution in [2.24, 2.45) is 0 Å². The maximum atomic E-state index is 5.90. The molecule has 0 aliphatic heterocycles. The predicted molar refractivity (Wildman–Crippen MR) is 94.4 cm³/mol. The molecule has 114 valence electrons. The first kappa shape index (κ1) is 14.7. The minimum atomic E-state index is 0.721. The number of halogens is 1. The Morgan fingerprint density at radius 3 is 2.50 bits per heavy atom. The van der Waals surface area contributed by atoms with Gasteiger partial charge in [0.15, 0.2) is 0 Å². The van der Waals surface area contributed by atoms with Crippen LogP contribution in [0.2, 0.25) is 5.02 Å². The first-order valence-corrected chi connectivity index (χ1v) is 7.84. The van der Waals surface area contributed by atoms with Gasteiger partial charge in [0.1, 0.15) is 0 Å². The third kappa shape index (κ3) is 3.02. The number of aromatic amines is 1. The molecular weight excluding hydrogens is 296 g/mol. The van der Waals surface area contributed by atoms with Crippen LogP contribution in [0.4, 0.5) is 17.3 Å². The van der Waals surface area contributed by atoms with Crippen LogP contribution in [0.5, 0.6) is 0 Å². The molecule has 2 aromatic carbocycles. The Bertz CT molecular complexity index is 760. The highest BCUT2D eigenvalue weighted by Crippen LogP contribution is 2.24. The van der Waals surface area contributed by atoms with Gasteiger partial charge in [-0.3, -0.25) is 0 Å².